The van der Waals surface area contributed by atoms with E-state index < -0.39 is 0 Å². The third kappa shape index (κ3) is 0.808. The molecule has 3 heteroatoms. The molecule has 2 aromatic rings. The lowest BCUT2D eigenvalue weighted by atomic mass is 10.4. The highest BCUT2D eigenvalue weighted by Crippen LogP contribution is 2.09. The van der Waals surface area contributed by atoms with Crippen molar-refractivity contribution < 1.29 is 8.98 Å². The summed E-state index contributed by atoms with van der Waals surface area (Å²) in [6.45, 7) is 1.93. The Balaban J connectivity index is 2.92. The second kappa shape index (κ2) is 2.05. The lowest BCUT2D eigenvalue weighted by Gasteiger charge is -1.79. The number of oxazole rings is 1. The van der Waals surface area contributed by atoms with Crippen molar-refractivity contribution in [3.05, 3.63) is 24.4 Å². The van der Waals surface area contributed by atoms with Crippen LogP contribution in [0, 0.1) is 6.92 Å². The molecule has 0 fully saturated rings. The van der Waals surface area contributed by atoms with E-state index >= 15 is 0 Å². The summed E-state index contributed by atoms with van der Waals surface area (Å²) in [5, 5.41) is 0. The normalized spacial score (nSPS) is 10.7. The van der Waals surface area contributed by atoms with E-state index in [1.54, 1.807) is 12.4 Å². The summed E-state index contributed by atoms with van der Waals surface area (Å²) in [5.41, 5.74) is 1.92. The Hall–Kier alpha value is -1.38. The van der Waals surface area contributed by atoms with Gasteiger partial charge in [0.05, 0.1) is 13.1 Å². The first-order chi connectivity index (χ1) is 5.29. The number of fused-ring (bicyclic) bond motifs is 1. The average molecular weight is 149 g/mol. The van der Waals surface area contributed by atoms with Crippen molar-refractivity contribution in [3.8, 4) is 0 Å². The van der Waals surface area contributed by atoms with Crippen LogP contribution in [0.25, 0.3) is 11.1 Å². The second-order valence-corrected chi connectivity index (χ2v) is 2.52. The summed E-state index contributed by atoms with van der Waals surface area (Å²) in [7, 11) is 1.97. The number of hydrogen-bond acceptors (Lipinski definition) is 2. The zero-order valence-corrected chi connectivity index (χ0v) is 6.53. The number of hydrogen-bond donors (Lipinski definition) is 0. The number of rotatable bonds is 0. The highest BCUT2D eigenvalue weighted by Gasteiger charge is 2.12. The van der Waals surface area contributed by atoms with Gasteiger partial charge in [0.2, 0.25) is 5.58 Å². The maximum absolute atomic E-state index is 5.40. The van der Waals surface area contributed by atoms with Gasteiger partial charge in [-0.3, -0.25) is 4.98 Å². The molecule has 0 unspecified atom stereocenters. The first-order valence-electron chi connectivity index (χ1n) is 3.48. The van der Waals surface area contributed by atoms with Gasteiger partial charge in [0, 0.05) is 12.3 Å². The first-order valence-corrected chi connectivity index (χ1v) is 3.48. The monoisotopic (exact) mass is 149 g/mol. The molecule has 2 heterocycles. The van der Waals surface area contributed by atoms with Gasteiger partial charge in [-0.15, -0.1) is 0 Å². The van der Waals surface area contributed by atoms with Gasteiger partial charge in [-0.2, -0.15) is 4.57 Å². The van der Waals surface area contributed by atoms with Crippen molar-refractivity contribution >= 4 is 11.1 Å². The summed E-state index contributed by atoms with van der Waals surface area (Å²) in [6.07, 6.45) is 3.49. The van der Waals surface area contributed by atoms with Crippen LogP contribution in [0.1, 0.15) is 5.89 Å². The minimum atomic E-state index is 0.840. The maximum atomic E-state index is 5.40. The standard InChI is InChI=1S/C8H9N2O/c1-6-10(2)7-3-4-9-5-8(7)11-6/h3-5H,1-2H3/q+1. The summed E-state index contributed by atoms with van der Waals surface area (Å²) in [6, 6.07) is 1.94. The van der Waals surface area contributed by atoms with Gasteiger partial charge in [0.1, 0.15) is 7.05 Å². The highest BCUT2D eigenvalue weighted by atomic mass is 16.3. The van der Waals surface area contributed by atoms with Gasteiger partial charge < -0.3 is 4.42 Å². The lowest BCUT2D eigenvalue weighted by molar-refractivity contribution is -0.657. The van der Waals surface area contributed by atoms with E-state index in [1.165, 1.54) is 0 Å². The SMILES string of the molecule is Cc1oc2cnccc2[n+]1C. The molecule has 0 bridgehead atoms. The van der Waals surface area contributed by atoms with E-state index in [9.17, 15) is 0 Å². The lowest BCUT2D eigenvalue weighted by Crippen LogP contribution is -2.28. The molecule has 0 atom stereocenters. The summed E-state index contributed by atoms with van der Waals surface area (Å²) >= 11 is 0. The van der Waals surface area contributed by atoms with Crippen molar-refractivity contribution in [2.24, 2.45) is 7.05 Å². The molecule has 2 rings (SSSR count). The zero-order chi connectivity index (χ0) is 7.84. The molecule has 0 aliphatic heterocycles. The maximum Gasteiger partial charge on any atom is 0.344 e. The highest BCUT2D eigenvalue weighted by molar-refractivity contribution is 5.66. The predicted molar refractivity (Wildman–Crippen MR) is 39.9 cm³/mol. The Morgan fingerprint density at radius 3 is 3.09 bits per heavy atom. The zero-order valence-electron chi connectivity index (χ0n) is 6.53. The van der Waals surface area contributed by atoms with E-state index in [4.69, 9.17) is 4.42 Å². The van der Waals surface area contributed by atoms with Crippen LogP contribution in [0.2, 0.25) is 0 Å². The fourth-order valence-corrected chi connectivity index (χ4v) is 1.13. The third-order valence-corrected chi connectivity index (χ3v) is 1.85. The van der Waals surface area contributed by atoms with Crippen LogP contribution in [0.15, 0.2) is 22.9 Å². The van der Waals surface area contributed by atoms with Crippen LogP contribution in [0.4, 0.5) is 0 Å². The molecule has 0 amide bonds. The van der Waals surface area contributed by atoms with Crippen molar-refractivity contribution in [1.29, 1.82) is 0 Å². The van der Waals surface area contributed by atoms with Gasteiger partial charge >= 0.3 is 5.89 Å². The molecule has 56 valence electrons. The summed E-state index contributed by atoms with van der Waals surface area (Å²) in [5.74, 6) is 0.896. The van der Waals surface area contributed by atoms with Crippen LogP contribution in [0.3, 0.4) is 0 Å². The Kier molecular flexibility index (Phi) is 1.18. The molecule has 0 saturated carbocycles. The summed E-state index contributed by atoms with van der Waals surface area (Å²) in [4.78, 5) is 3.96. The molecule has 0 saturated heterocycles. The topological polar surface area (TPSA) is 29.9 Å². The quantitative estimate of drug-likeness (QED) is 0.522. The van der Waals surface area contributed by atoms with Gasteiger partial charge in [0.25, 0.3) is 5.52 Å². The number of nitrogens with zero attached hydrogens (tertiary/aromatic N) is 2. The minimum Gasteiger partial charge on any atom is -0.400 e. The Morgan fingerprint density at radius 2 is 2.36 bits per heavy atom. The van der Waals surface area contributed by atoms with Gasteiger partial charge in [-0.1, -0.05) is 0 Å². The van der Waals surface area contributed by atoms with Crippen LogP contribution in [0.5, 0.6) is 0 Å². The number of pyridine rings is 1. The fourth-order valence-electron chi connectivity index (χ4n) is 1.13. The van der Waals surface area contributed by atoms with Gasteiger partial charge in [-0.05, 0) is 0 Å². The number of aryl methyl sites for hydroxylation is 2. The Morgan fingerprint density at radius 1 is 1.55 bits per heavy atom. The third-order valence-electron chi connectivity index (χ3n) is 1.85. The van der Waals surface area contributed by atoms with Crippen molar-refractivity contribution in [2.45, 2.75) is 6.92 Å². The molecule has 0 aliphatic carbocycles. The predicted octanol–water partition coefficient (Wildman–Crippen LogP) is 0.961. The van der Waals surface area contributed by atoms with Crippen molar-refractivity contribution in [3.63, 3.8) is 0 Å². The molecule has 3 nitrogen and oxygen atoms in total. The van der Waals surface area contributed by atoms with E-state index in [2.05, 4.69) is 4.98 Å². The van der Waals surface area contributed by atoms with Crippen LogP contribution < -0.4 is 4.57 Å². The molecule has 0 aliphatic rings. The van der Waals surface area contributed by atoms with E-state index in [0.717, 1.165) is 17.0 Å². The van der Waals surface area contributed by atoms with Crippen LogP contribution in [-0.2, 0) is 7.05 Å². The number of aromatic nitrogens is 2. The molecule has 0 N–H and O–H groups in total. The van der Waals surface area contributed by atoms with Gasteiger partial charge in [-0.25, -0.2) is 0 Å². The Bertz CT molecular complexity index is 392. The fraction of sp³-hybridized carbons (Fsp3) is 0.250. The van der Waals surface area contributed by atoms with Crippen molar-refractivity contribution in [1.82, 2.24) is 4.98 Å². The molecule has 2 aromatic heterocycles. The van der Waals surface area contributed by atoms with E-state index in [-0.39, 0.29) is 0 Å². The first kappa shape index (κ1) is 6.34. The van der Waals surface area contributed by atoms with E-state index in [1.807, 2.05) is 24.6 Å². The molecule has 0 aromatic carbocycles. The minimum absolute atomic E-state index is 0.840. The largest absolute Gasteiger partial charge is 0.400 e. The molecule has 0 spiro atoms. The van der Waals surface area contributed by atoms with Crippen LogP contribution in [-0.4, -0.2) is 4.98 Å². The van der Waals surface area contributed by atoms with E-state index in [0.29, 0.717) is 0 Å². The van der Waals surface area contributed by atoms with Crippen molar-refractivity contribution in [2.75, 3.05) is 0 Å². The average Bonchev–Trinajstić information content (AvgIpc) is 2.30. The summed E-state index contributed by atoms with van der Waals surface area (Å²) < 4.78 is 7.40. The molecule has 11 heavy (non-hydrogen) atoms. The second-order valence-electron chi connectivity index (χ2n) is 2.52. The molecule has 0 radical (unpaired) electrons. The molecular weight excluding hydrogens is 140 g/mol. The van der Waals surface area contributed by atoms with Gasteiger partial charge in [0.15, 0.2) is 0 Å². The Labute approximate surface area is 64.3 Å². The molecular formula is C8H9N2O+. The van der Waals surface area contributed by atoms with Crippen LogP contribution >= 0.6 is 0 Å². The smallest absolute Gasteiger partial charge is 0.344 e.